The van der Waals surface area contributed by atoms with E-state index < -0.39 is 36.0 Å². The van der Waals surface area contributed by atoms with Crippen LogP contribution in [0.3, 0.4) is 0 Å². The number of aliphatic carboxylic acids is 2. The van der Waals surface area contributed by atoms with Crippen molar-refractivity contribution in [3.05, 3.63) is 54.6 Å². The van der Waals surface area contributed by atoms with Crippen molar-refractivity contribution < 1.29 is 62.3 Å². The number of nitrogens with zero attached hydrogens (tertiary/aromatic N) is 1. The largest absolute Gasteiger partial charge is 1.00 e. The summed E-state index contributed by atoms with van der Waals surface area (Å²) < 4.78 is 0. The Bertz CT molecular complexity index is 968. The molecule has 0 saturated heterocycles. The summed E-state index contributed by atoms with van der Waals surface area (Å²) in [6.07, 6.45) is 0.616. The Morgan fingerprint density at radius 2 is 1.19 bits per heavy atom. The second-order valence-corrected chi connectivity index (χ2v) is 9.47. The second-order valence-electron chi connectivity index (χ2n) is 9.47. The number of nitrogens with one attached hydrogen (secondary N) is 1. The molecule has 1 amide bonds. The molecule has 7 nitrogen and oxygen atoms in total. The normalized spacial score (nSPS) is 13.2. The molecular weight excluding hydrogens is 446 g/mol. The predicted octanol–water partition coefficient (Wildman–Crippen LogP) is -4.00. The number of carbonyl (C=O) groups is 3. The molecule has 1 N–H and O–H groups in total. The van der Waals surface area contributed by atoms with Gasteiger partial charge in [-0.2, -0.15) is 0 Å². The number of hydrogen-bond acceptors (Lipinski definition) is 6. The van der Waals surface area contributed by atoms with Gasteiger partial charge in [0.1, 0.15) is 0 Å². The molecule has 2 rings (SSSR count). The zero-order chi connectivity index (χ0) is 25.4. The average molecular weight is 480 g/mol. The molecule has 3 atom stereocenters. The quantitative estimate of drug-likeness (QED) is 0.310. The predicted molar refractivity (Wildman–Crippen MR) is 128 cm³/mol. The van der Waals surface area contributed by atoms with Crippen LogP contribution in [-0.4, -0.2) is 36.0 Å². The first kappa shape index (κ1) is 34.0. The van der Waals surface area contributed by atoms with Crippen molar-refractivity contribution in [3.63, 3.8) is 0 Å². The molecule has 0 aliphatic carbocycles. The van der Waals surface area contributed by atoms with E-state index in [1.807, 2.05) is 70.2 Å². The van der Waals surface area contributed by atoms with Gasteiger partial charge in [0.15, 0.2) is 0 Å². The third kappa shape index (κ3) is 9.81. The van der Waals surface area contributed by atoms with Crippen molar-refractivity contribution >= 4 is 23.5 Å². The first-order chi connectivity index (χ1) is 16.0. The van der Waals surface area contributed by atoms with Crippen LogP contribution in [0.2, 0.25) is 0 Å². The number of carboxylic acids is 2. The van der Waals surface area contributed by atoms with Crippen LogP contribution in [0.5, 0.6) is 0 Å². The van der Waals surface area contributed by atoms with Crippen LogP contribution in [0.15, 0.2) is 54.6 Å². The number of carbonyl (C=O) groups excluding carboxylic acids is 3. The Labute approximate surface area is 238 Å². The fourth-order valence-corrected chi connectivity index (χ4v) is 3.92. The fourth-order valence-electron chi connectivity index (χ4n) is 3.92. The molecule has 0 aliphatic heterocycles. The third-order valence-corrected chi connectivity index (χ3v) is 5.62. The minimum Gasteiger partial charge on any atom is -0.548 e. The Hall–Kier alpha value is -2.00. The summed E-state index contributed by atoms with van der Waals surface area (Å²) in [6, 6.07) is 13.5. The Balaban J connectivity index is 0.00000612. The molecule has 2 aromatic rings. The van der Waals surface area contributed by atoms with Crippen LogP contribution in [0, 0.1) is 11.8 Å². The van der Waals surface area contributed by atoms with E-state index in [-0.39, 0.29) is 56.0 Å². The molecule has 0 spiro atoms. The van der Waals surface area contributed by atoms with E-state index in [4.69, 9.17) is 0 Å². The maximum atomic E-state index is 13.7. The smallest absolute Gasteiger partial charge is 0.548 e. The second kappa shape index (κ2) is 16.0. The van der Waals surface area contributed by atoms with Gasteiger partial charge >= 0.3 is 37.7 Å². The monoisotopic (exact) mass is 480 g/mol. The molecule has 0 radical (unpaired) electrons. The number of anilines is 1. The fraction of sp³-hybridized carbons (Fsp3) is 0.444. The van der Waals surface area contributed by atoms with Gasteiger partial charge < -0.3 is 24.7 Å². The van der Waals surface area contributed by atoms with E-state index in [1.54, 1.807) is 12.1 Å². The maximum absolute atomic E-state index is 13.7. The number of carboxylic acid groups (broad SMARTS) is 2. The molecule has 0 unspecified atom stereocenters. The van der Waals surface area contributed by atoms with Gasteiger partial charge in [0, 0.05) is 11.7 Å². The molecule has 0 heterocycles. The summed E-state index contributed by atoms with van der Waals surface area (Å²) in [7, 11) is 0. The number of hydrogen-bond donors (Lipinski definition) is 1. The molecule has 0 saturated carbocycles. The zero-order valence-corrected chi connectivity index (χ0v) is 22.5. The van der Waals surface area contributed by atoms with Crippen molar-refractivity contribution in [2.24, 2.45) is 11.8 Å². The van der Waals surface area contributed by atoms with E-state index in [0.717, 1.165) is 11.1 Å². The Morgan fingerprint density at radius 1 is 0.722 bits per heavy atom. The summed E-state index contributed by atoms with van der Waals surface area (Å²) in [5.74, 6) is -3.09. The van der Waals surface area contributed by atoms with Gasteiger partial charge in [-0.3, -0.25) is 10.1 Å². The summed E-state index contributed by atoms with van der Waals surface area (Å²) in [4.78, 5) is 38.4. The third-order valence-electron chi connectivity index (χ3n) is 5.62. The van der Waals surface area contributed by atoms with Crippen molar-refractivity contribution in [1.29, 1.82) is 0 Å². The van der Waals surface area contributed by atoms with Gasteiger partial charge in [0.2, 0.25) is 5.91 Å². The first-order valence-corrected chi connectivity index (χ1v) is 11.7. The molecule has 0 aliphatic rings. The van der Waals surface area contributed by atoms with Crippen molar-refractivity contribution in [1.82, 2.24) is 5.32 Å². The molecule has 0 aromatic heterocycles. The van der Waals surface area contributed by atoms with E-state index >= 15 is 0 Å². The van der Waals surface area contributed by atoms with Gasteiger partial charge in [-0.25, -0.2) is 0 Å². The Morgan fingerprint density at radius 3 is 1.64 bits per heavy atom. The molecule has 9 heteroatoms. The van der Waals surface area contributed by atoms with Gasteiger partial charge in [-0.15, -0.1) is 0 Å². The van der Waals surface area contributed by atoms with E-state index in [9.17, 15) is 24.6 Å². The topological polar surface area (TPSA) is 113 Å². The van der Waals surface area contributed by atoms with Crippen molar-refractivity contribution in [2.75, 3.05) is 4.90 Å². The van der Waals surface area contributed by atoms with Crippen LogP contribution >= 0.6 is 0 Å². The summed E-state index contributed by atoms with van der Waals surface area (Å²) >= 11 is 0. The zero-order valence-electron chi connectivity index (χ0n) is 22.5. The summed E-state index contributed by atoms with van der Waals surface area (Å²) in [5, 5.41) is 26.5. The number of benzene rings is 2. The van der Waals surface area contributed by atoms with E-state index in [2.05, 4.69) is 5.32 Å². The SMILES string of the molecule is CC(C)C[C@H](N[C@@H](CC(C)C)C(=O)N(c1ccc(-c2ccccc2)cc1)[C@@H](C)C(=O)[O-])C(=O)[O-].[Li+].[Li+]. The first-order valence-electron chi connectivity index (χ1n) is 11.7. The van der Waals surface area contributed by atoms with Crippen LogP contribution in [-0.2, 0) is 14.4 Å². The van der Waals surface area contributed by atoms with Crippen LogP contribution < -0.4 is 58.2 Å². The van der Waals surface area contributed by atoms with Gasteiger partial charge in [-0.1, -0.05) is 70.2 Å². The van der Waals surface area contributed by atoms with Crippen molar-refractivity contribution in [2.45, 2.75) is 65.6 Å². The molecule has 0 bridgehead atoms. The average Bonchev–Trinajstić information content (AvgIpc) is 2.78. The molecular formula is C27H34Li2N2O5. The Kier molecular flexibility index (Phi) is 15.1. The van der Waals surface area contributed by atoms with E-state index in [1.165, 1.54) is 11.8 Å². The summed E-state index contributed by atoms with van der Waals surface area (Å²) in [5.41, 5.74) is 2.30. The molecule has 184 valence electrons. The minimum atomic E-state index is -1.40. The number of amides is 1. The molecule has 2 aromatic carbocycles. The van der Waals surface area contributed by atoms with Crippen LogP contribution in [0.4, 0.5) is 5.69 Å². The van der Waals surface area contributed by atoms with Crippen LogP contribution in [0.25, 0.3) is 11.1 Å². The maximum Gasteiger partial charge on any atom is 1.00 e. The molecule has 36 heavy (non-hydrogen) atoms. The minimum absolute atomic E-state index is 0. The van der Waals surface area contributed by atoms with Gasteiger partial charge in [0.25, 0.3) is 0 Å². The number of rotatable bonds is 12. The molecule has 0 fully saturated rings. The van der Waals surface area contributed by atoms with Crippen molar-refractivity contribution in [3.8, 4) is 11.1 Å². The van der Waals surface area contributed by atoms with Gasteiger partial charge in [-0.05, 0) is 54.9 Å². The summed E-state index contributed by atoms with van der Waals surface area (Å²) in [6.45, 7) is 8.99. The van der Waals surface area contributed by atoms with Crippen LogP contribution in [0.1, 0.15) is 47.5 Å². The standard InChI is InChI=1S/C27H36N2O5.2Li/c1-17(2)15-23(28-24(27(33)34)16-18(3)4)25(30)29(19(5)26(31)32)22-13-11-21(12-14-22)20-9-7-6-8-10-20;;/h6-14,17-19,23-24,28H,15-16H2,1-5H3,(H,31,32)(H,33,34);;/q;2*+1/p-2/t19-,23-,24-;;/m0../s1. The van der Waals surface area contributed by atoms with E-state index in [0.29, 0.717) is 12.1 Å². The van der Waals surface area contributed by atoms with Gasteiger partial charge in [0.05, 0.1) is 24.0 Å².